The molecule has 12 heavy (non-hydrogen) atoms. The van der Waals surface area contributed by atoms with Crippen LogP contribution in [0.1, 0.15) is 46.5 Å². The van der Waals surface area contributed by atoms with Crippen molar-refractivity contribution >= 4 is 11.8 Å². The first kappa shape index (κ1) is 12.3. The summed E-state index contributed by atoms with van der Waals surface area (Å²) in [5.41, 5.74) is 0. The fraction of sp³-hybridized carbons (Fsp3) is 1.00. The SMILES string of the molecule is CCCSC(CC)C(O)CCC. The second-order valence-corrected chi connectivity index (χ2v) is 4.52. The van der Waals surface area contributed by atoms with Crippen LogP contribution in [-0.2, 0) is 0 Å². The molecule has 0 aromatic rings. The molecule has 0 heterocycles. The van der Waals surface area contributed by atoms with Crippen LogP contribution < -0.4 is 0 Å². The molecule has 0 aromatic heterocycles. The van der Waals surface area contributed by atoms with Gasteiger partial charge >= 0.3 is 0 Å². The molecular weight excluding hydrogens is 168 g/mol. The molecular formula is C10H22OS. The highest BCUT2D eigenvalue weighted by Gasteiger charge is 2.15. The number of thioether (sulfide) groups is 1. The van der Waals surface area contributed by atoms with Gasteiger partial charge in [0.15, 0.2) is 0 Å². The number of hydrogen-bond acceptors (Lipinski definition) is 2. The molecule has 0 bridgehead atoms. The average molecular weight is 190 g/mol. The molecule has 2 unspecified atom stereocenters. The first-order chi connectivity index (χ1) is 5.76. The molecule has 0 aromatic carbocycles. The van der Waals surface area contributed by atoms with Crippen LogP contribution in [0, 0.1) is 0 Å². The largest absolute Gasteiger partial charge is 0.392 e. The van der Waals surface area contributed by atoms with Crippen LogP contribution in [0.3, 0.4) is 0 Å². The molecule has 0 rings (SSSR count). The third kappa shape index (κ3) is 5.04. The third-order valence-corrected chi connectivity index (χ3v) is 3.67. The first-order valence-electron chi connectivity index (χ1n) is 5.05. The van der Waals surface area contributed by atoms with Gasteiger partial charge in [-0.25, -0.2) is 0 Å². The monoisotopic (exact) mass is 190 g/mol. The highest BCUT2D eigenvalue weighted by molar-refractivity contribution is 7.99. The van der Waals surface area contributed by atoms with Gasteiger partial charge in [0.05, 0.1) is 6.10 Å². The van der Waals surface area contributed by atoms with Crippen LogP contribution in [0.2, 0.25) is 0 Å². The number of aliphatic hydroxyl groups is 1. The second-order valence-electron chi connectivity index (χ2n) is 3.17. The van der Waals surface area contributed by atoms with Gasteiger partial charge in [-0.05, 0) is 25.0 Å². The van der Waals surface area contributed by atoms with Gasteiger partial charge in [0, 0.05) is 5.25 Å². The number of aliphatic hydroxyl groups excluding tert-OH is 1. The number of rotatable bonds is 7. The molecule has 0 fully saturated rings. The summed E-state index contributed by atoms with van der Waals surface area (Å²) in [5.74, 6) is 1.18. The van der Waals surface area contributed by atoms with E-state index >= 15 is 0 Å². The van der Waals surface area contributed by atoms with Crippen molar-refractivity contribution in [3.8, 4) is 0 Å². The summed E-state index contributed by atoms with van der Waals surface area (Å²) in [5, 5.41) is 10.2. The Bertz CT molecular complexity index is 95.8. The van der Waals surface area contributed by atoms with Crippen molar-refractivity contribution in [2.24, 2.45) is 0 Å². The van der Waals surface area contributed by atoms with Crippen molar-refractivity contribution in [2.45, 2.75) is 57.8 Å². The molecule has 0 spiro atoms. The topological polar surface area (TPSA) is 20.2 Å². The van der Waals surface area contributed by atoms with Gasteiger partial charge in [0.25, 0.3) is 0 Å². The molecule has 0 aliphatic carbocycles. The summed E-state index contributed by atoms with van der Waals surface area (Å²) in [6.45, 7) is 6.47. The minimum atomic E-state index is -0.0865. The van der Waals surface area contributed by atoms with Crippen LogP contribution in [-0.4, -0.2) is 22.2 Å². The van der Waals surface area contributed by atoms with E-state index in [0.29, 0.717) is 5.25 Å². The highest BCUT2D eigenvalue weighted by Crippen LogP contribution is 2.21. The van der Waals surface area contributed by atoms with Crippen LogP contribution >= 0.6 is 11.8 Å². The molecule has 0 saturated carbocycles. The maximum atomic E-state index is 9.71. The molecule has 1 nitrogen and oxygen atoms in total. The Morgan fingerprint density at radius 2 is 1.83 bits per heavy atom. The lowest BCUT2D eigenvalue weighted by Gasteiger charge is -2.20. The van der Waals surface area contributed by atoms with Crippen molar-refractivity contribution < 1.29 is 5.11 Å². The van der Waals surface area contributed by atoms with Gasteiger partial charge in [-0.3, -0.25) is 0 Å². The molecule has 0 aliphatic rings. The molecule has 0 radical (unpaired) electrons. The summed E-state index contributed by atoms with van der Waals surface area (Å²) < 4.78 is 0. The smallest absolute Gasteiger partial charge is 0.0658 e. The van der Waals surface area contributed by atoms with Crippen molar-refractivity contribution in [3.63, 3.8) is 0 Å². The zero-order chi connectivity index (χ0) is 9.40. The standard InChI is InChI=1S/C10H22OS/c1-4-7-9(11)10(6-3)12-8-5-2/h9-11H,4-8H2,1-3H3. The number of hydrogen-bond donors (Lipinski definition) is 1. The zero-order valence-electron chi connectivity index (χ0n) is 8.55. The van der Waals surface area contributed by atoms with Gasteiger partial charge in [-0.15, -0.1) is 0 Å². The van der Waals surface area contributed by atoms with Gasteiger partial charge in [0.1, 0.15) is 0 Å². The fourth-order valence-corrected chi connectivity index (χ4v) is 2.38. The van der Waals surface area contributed by atoms with E-state index in [-0.39, 0.29) is 6.10 Å². The van der Waals surface area contributed by atoms with Crippen molar-refractivity contribution in [1.82, 2.24) is 0 Å². The molecule has 0 amide bonds. The highest BCUT2D eigenvalue weighted by atomic mass is 32.2. The van der Waals surface area contributed by atoms with E-state index in [1.165, 1.54) is 12.2 Å². The summed E-state index contributed by atoms with van der Waals surface area (Å²) in [6, 6.07) is 0. The lowest BCUT2D eigenvalue weighted by molar-refractivity contribution is 0.158. The van der Waals surface area contributed by atoms with Crippen molar-refractivity contribution in [2.75, 3.05) is 5.75 Å². The van der Waals surface area contributed by atoms with Gasteiger partial charge in [-0.2, -0.15) is 11.8 Å². The molecule has 1 N–H and O–H groups in total. The Labute approximate surface area is 80.9 Å². The van der Waals surface area contributed by atoms with E-state index in [1.807, 2.05) is 11.8 Å². The maximum absolute atomic E-state index is 9.71. The van der Waals surface area contributed by atoms with Crippen molar-refractivity contribution in [1.29, 1.82) is 0 Å². The lowest BCUT2D eigenvalue weighted by Crippen LogP contribution is -2.22. The van der Waals surface area contributed by atoms with Crippen LogP contribution in [0.4, 0.5) is 0 Å². The zero-order valence-corrected chi connectivity index (χ0v) is 9.36. The predicted molar refractivity (Wildman–Crippen MR) is 57.7 cm³/mol. The Morgan fingerprint density at radius 3 is 2.25 bits per heavy atom. The second kappa shape index (κ2) is 7.93. The lowest BCUT2D eigenvalue weighted by atomic mass is 10.1. The summed E-state index contributed by atoms with van der Waals surface area (Å²) in [4.78, 5) is 0. The third-order valence-electron chi connectivity index (χ3n) is 1.95. The average Bonchev–Trinajstić information content (AvgIpc) is 2.06. The minimum absolute atomic E-state index is 0.0865. The Kier molecular flexibility index (Phi) is 8.14. The molecule has 2 atom stereocenters. The van der Waals surface area contributed by atoms with E-state index in [0.717, 1.165) is 19.3 Å². The van der Waals surface area contributed by atoms with E-state index in [9.17, 15) is 5.11 Å². The Morgan fingerprint density at radius 1 is 1.17 bits per heavy atom. The van der Waals surface area contributed by atoms with Gasteiger partial charge in [0.2, 0.25) is 0 Å². The van der Waals surface area contributed by atoms with Gasteiger partial charge < -0.3 is 5.11 Å². The van der Waals surface area contributed by atoms with Crippen molar-refractivity contribution in [3.05, 3.63) is 0 Å². The fourth-order valence-electron chi connectivity index (χ4n) is 1.25. The maximum Gasteiger partial charge on any atom is 0.0658 e. The van der Waals surface area contributed by atoms with E-state index < -0.39 is 0 Å². The molecule has 0 saturated heterocycles. The van der Waals surface area contributed by atoms with E-state index in [1.54, 1.807) is 0 Å². The normalized spacial score (nSPS) is 16.0. The summed E-state index contributed by atoms with van der Waals surface area (Å²) >= 11 is 1.92. The predicted octanol–water partition coefficient (Wildman–Crippen LogP) is 3.07. The van der Waals surface area contributed by atoms with E-state index in [4.69, 9.17) is 0 Å². The summed E-state index contributed by atoms with van der Waals surface area (Å²) in [7, 11) is 0. The first-order valence-corrected chi connectivity index (χ1v) is 6.10. The van der Waals surface area contributed by atoms with Crippen LogP contribution in [0.15, 0.2) is 0 Å². The molecule has 74 valence electrons. The van der Waals surface area contributed by atoms with E-state index in [2.05, 4.69) is 20.8 Å². The molecule has 2 heteroatoms. The van der Waals surface area contributed by atoms with Gasteiger partial charge in [-0.1, -0.05) is 27.2 Å². The molecule has 0 aliphatic heterocycles. The van der Waals surface area contributed by atoms with Crippen LogP contribution in [0.5, 0.6) is 0 Å². The Hall–Kier alpha value is 0.310. The summed E-state index contributed by atoms with van der Waals surface area (Å²) in [6.07, 6.45) is 4.25. The minimum Gasteiger partial charge on any atom is -0.392 e. The quantitative estimate of drug-likeness (QED) is 0.666. The van der Waals surface area contributed by atoms with Crippen LogP contribution in [0.25, 0.3) is 0 Å². The Balaban J connectivity index is 3.62.